The van der Waals surface area contributed by atoms with Gasteiger partial charge in [0, 0.05) is 52.8 Å². The number of halogens is 1. The third-order valence-corrected chi connectivity index (χ3v) is 11.1. The van der Waals surface area contributed by atoms with Gasteiger partial charge in [-0.1, -0.05) is 35.1 Å². The van der Waals surface area contributed by atoms with E-state index < -0.39 is 16.5 Å². The zero-order chi connectivity index (χ0) is 38.0. The second-order valence-corrected chi connectivity index (χ2v) is 14.3. The van der Waals surface area contributed by atoms with Crippen LogP contribution in [0.5, 0.6) is 11.5 Å². The molecule has 16 heteroatoms. The molecule has 0 fully saturated rings. The van der Waals surface area contributed by atoms with E-state index in [2.05, 4.69) is 10.2 Å². The first-order valence-electron chi connectivity index (χ1n) is 16.7. The number of nitro groups is 1. The van der Waals surface area contributed by atoms with Crippen LogP contribution in [0.25, 0.3) is 17.5 Å². The summed E-state index contributed by atoms with van der Waals surface area (Å²) in [5.41, 5.74) is 1.99. The van der Waals surface area contributed by atoms with E-state index in [1.807, 2.05) is 37.5 Å². The smallest absolute Gasteiger partial charge is 0.271 e. The van der Waals surface area contributed by atoms with Gasteiger partial charge in [0.05, 0.1) is 34.9 Å². The highest BCUT2D eigenvalue weighted by Crippen LogP contribution is 2.39. The van der Waals surface area contributed by atoms with E-state index in [0.29, 0.717) is 79.2 Å². The molecule has 0 bridgehead atoms. The van der Waals surface area contributed by atoms with Crippen LogP contribution in [0.1, 0.15) is 44.9 Å². The monoisotopic (exact) mass is 773 g/mol. The van der Waals surface area contributed by atoms with E-state index in [1.54, 1.807) is 54.3 Å². The molecule has 1 aliphatic heterocycles. The summed E-state index contributed by atoms with van der Waals surface area (Å²) in [7, 11) is 3.06. The minimum Gasteiger partial charge on any atom is -0.497 e. The zero-order valence-electron chi connectivity index (χ0n) is 29.8. The predicted octanol–water partition coefficient (Wildman–Crippen LogP) is 6.11. The summed E-state index contributed by atoms with van der Waals surface area (Å²) in [4.78, 5) is 47.6. The van der Waals surface area contributed by atoms with Gasteiger partial charge in [-0.05, 0) is 87.5 Å². The van der Waals surface area contributed by atoms with Crippen molar-refractivity contribution in [2.45, 2.75) is 50.3 Å². The standard InChI is InChI=1S/C37H36ClN7O6S2/c1-7-42(8-2)35(47)31-21(4)39-36-44(32(31)27-20-26(50-5)14-15-28(27)51-6)34(46)30(53-36)19-23-18-25(45(48)49)13-16-29(23)52-37-41-40-33(43(37)9-3)22-11-10-12-24(38)17-22/h10-20,32H,7-9H2,1-6H3/b30-19-/t32-/m0/s1. The molecule has 0 unspecified atom stereocenters. The summed E-state index contributed by atoms with van der Waals surface area (Å²) in [6, 6.07) is 16.1. The Hall–Kier alpha value is -5.25. The fraction of sp³-hybridized carbons (Fsp3) is 0.270. The quantitative estimate of drug-likeness (QED) is 0.108. The molecule has 6 rings (SSSR count). The fourth-order valence-corrected chi connectivity index (χ4v) is 8.41. The molecule has 5 aromatic rings. The van der Waals surface area contributed by atoms with Crippen molar-refractivity contribution >= 4 is 52.4 Å². The van der Waals surface area contributed by atoms with Gasteiger partial charge in [-0.3, -0.25) is 24.3 Å². The number of thiazole rings is 1. The number of non-ortho nitro benzene ring substituents is 1. The number of hydrogen-bond donors (Lipinski definition) is 0. The maximum atomic E-state index is 14.6. The van der Waals surface area contributed by atoms with Crippen molar-refractivity contribution in [2.24, 2.45) is 4.99 Å². The lowest BCUT2D eigenvalue weighted by molar-refractivity contribution is -0.384. The number of rotatable bonds is 12. The first-order valence-corrected chi connectivity index (χ1v) is 18.7. The molecule has 0 saturated heterocycles. The van der Waals surface area contributed by atoms with Gasteiger partial charge in [0.1, 0.15) is 17.5 Å². The fourth-order valence-electron chi connectivity index (χ4n) is 6.21. The van der Waals surface area contributed by atoms with Crippen LogP contribution in [0.4, 0.5) is 5.69 Å². The molecule has 13 nitrogen and oxygen atoms in total. The molecule has 2 aromatic heterocycles. The SMILES string of the molecule is CCN(CC)C(=O)C1=C(C)N=c2s/c(=C\c3cc([N+](=O)[O-])ccc3Sc3nnc(-c4cccc(Cl)c4)n3CC)c(=O)n2[C@H]1c1cc(OC)ccc1OC. The first kappa shape index (κ1) is 37.5. The van der Waals surface area contributed by atoms with Gasteiger partial charge in [-0.15, -0.1) is 10.2 Å². The number of hydrogen-bond acceptors (Lipinski definition) is 11. The number of carbonyl (C=O) groups is 1. The van der Waals surface area contributed by atoms with Crippen molar-refractivity contribution < 1.29 is 19.2 Å². The van der Waals surface area contributed by atoms with Gasteiger partial charge in [0.2, 0.25) is 0 Å². The van der Waals surface area contributed by atoms with E-state index in [4.69, 9.17) is 26.1 Å². The molecule has 1 amide bonds. The van der Waals surface area contributed by atoms with Gasteiger partial charge in [0.15, 0.2) is 15.8 Å². The van der Waals surface area contributed by atoms with Crippen molar-refractivity contribution in [1.29, 1.82) is 0 Å². The van der Waals surface area contributed by atoms with Gasteiger partial charge < -0.3 is 18.9 Å². The van der Waals surface area contributed by atoms with Gasteiger partial charge in [0.25, 0.3) is 17.2 Å². The minimum absolute atomic E-state index is 0.146. The van der Waals surface area contributed by atoms with Crippen LogP contribution in [0, 0.1) is 10.1 Å². The second kappa shape index (κ2) is 15.8. The maximum absolute atomic E-state index is 14.6. The summed E-state index contributed by atoms with van der Waals surface area (Å²) in [6.07, 6.45) is 1.62. The van der Waals surface area contributed by atoms with Crippen molar-refractivity contribution in [3.63, 3.8) is 0 Å². The van der Waals surface area contributed by atoms with Crippen LogP contribution in [-0.2, 0) is 11.3 Å². The Kier molecular flexibility index (Phi) is 11.2. The van der Waals surface area contributed by atoms with Gasteiger partial charge in [-0.25, -0.2) is 4.99 Å². The molecule has 0 saturated carbocycles. The average molecular weight is 774 g/mol. The van der Waals surface area contributed by atoms with Crippen molar-refractivity contribution in [1.82, 2.24) is 24.2 Å². The second-order valence-electron chi connectivity index (χ2n) is 11.8. The number of carbonyl (C=O) groups excluding carboxylic acids is 1. The Bertz CT molecular complexity index is 2450. The molecule has 0 aliphatic carbocycles. The van der Waals surface area contributed by atoms with E-state index in [0.717, 1.165) is 16.9 Å². The van der Waals surface area contributed by atoms with Gasteiger partial charge >= 0.3 is 0 Å². The normalized spacial score (nSPS) is 14.2. The van der Waals surface area contributed by atoms with Crippen molar-refractivity contribution in [2.75, 3.05) is 27.3 Å². The third kappa shape index (κ3) is 7.24. The zero-order valence-corrected chi connectivity index (χ0v) is 32.2. The Labute approximate surface area is 318 Å². The number of methoxy groups -OCH3 is 2. The summed E-state index contributed by atoms with van der Waals surface area (Å²) in [6.45, 7) is 8.96. The number of benzene rings is 3. The van der Waals surface area contributed by atoms with E-state index >= 15 is 0 Å². The molecule has 53 heavy (non-hydrogen) atoms. The number of aromatic nitrogens is 4. The Morgan fingerprint density at radius 3 is 2.51 bits per heavy atom. The van der Waals surface area contributed by atoms with E-state index in [1.165, 1.54) is 42.7 Å². The molecular formula is C37H36ClN7O6S2. The van der Waals surface area contributed by atoms with E-state index in [9.17, 15) is 19.7 Å². The van der Waals surface area contributed by atoms with Crippen molar-refractivity contribution in [3.05, 3.63) is 118 Å². The summed E-state index contributed by atoms with van der Waals surface area (Å²) < 4.78 is 15.0. The Morgan fingerprint density at radius 2 is 1.85 bits per heavy atom. The number of nitro benzene ring substituents is 1. The molecule has 3 aromatic carbocycles. The minimum atomic E-state index is -0.904. The Morgan fingerprint density at radius 1 is 1.08 bits per heavy atom. The van der Waals surface area contributed by atoms with Gasteiger partial charge in [-0.2, -0.15) is 0 Å². The first-order chi connectivity index (χ1) is 25.5. The Balaban J connectivity index is 1.54. The number of allylic oxidation sites excluding steroid dienone is 1. The molecule has 3 heterocycles. The summed E-state index contributed by atoms with van der Waals surface area (Å²) in [5, 5.41) is 21.9. The number of likely N-dealkylation sites (N-methyl/N-ethyl adjacent to an activating group) is 1. The van der Waals surface area contributed by atoms with E-state index in [-0.39, 0.29) is 16.1 Å². The highest BCUT2D eigenvalue weighted by molar-refractivity contribution is 7.99. The highest BCUT2D eigenvalue weighted by atomic mass is 35.5. The third-order valence-electron chi connectivity index (χ3n) is 8.84. The van der Waals surface area contributed by atoms with Crippen LogP contribution >= 0.6 is 34.7 Å². The maximum Gasteiger partial charge on any atom is 0.271 e. The molecule has 1 aliphatic rings. The molecule has 0 radical (unpaired) electrons. The summed E-state index contributed by atoms with van der Waals surface area (Å²) in [5.74, 6) is 1.34. The topological polar surface area (TPSA) is 147 Å². The molecule has 1 atom stereocenters. The molecule has 0 N–H and O–H groups in total. The lowest BCUT2D eigenvalue weighted by Crippen LogP contribution is -2.43. The number of amides is 1. The van der Waals surface area contributed by atoms with Crippen LogP contribution in [0.3, 0.4) is 0 Å². The van der Waals surface area contributed by atoms with Crippen LogP contribution in [-0.4, -0.2) is 62.4 Å². The lowest BCUT2D eigenvalue weighted by atomic mass is 9.93. The predicted molar refractivity (Wildman–Crippen MR) is 205 cm³/mol. The average Bonchev–Trinajstić information content (AvgIpc) is 3.70. The number of ether oxygens (including phenoxy) is 2. The number of fused-ring (bicyclic) bond motifs is 1. The molecule has 0 spiro atoms. The highest BCUT2D eigenvalue weighted by Gasteiger charge is 2.36. The van der Waals surface area contributed by atoms with Crippen LogP contribution < -0.4 is 24.4 Å². The molecule has 274 valence electrons. The van der Waals surface area contributed by atoms with Crippen LogP contribution in [0.15, 0.2) is 91.8 Å². The summed E-state index contributed by atoms with van der Waals surface area (Å²) >= 11 is 8.66. The lowest BCUT2D eigenvalue weighted by Gasteiger charge is -2.30. The van der Waals surface area contributed by atoms with Crippen LogP contribution in [0.2, 0.25) is 5.02 Å². The largest absolute Gasteiger partial charge is 0.497 e. The van der Waals surface area contributed by atoms with Crippen molar-refractivity contribution in [3.8, 4) is 22.9 Å². The number of nitrogens with zero attached hydrogens (tertiary/aromatic N) is 7. The molecular weight excluding hydrogens is 738 g/mol.